The monoisotopic (exact) mass is 332 g/mol. The van der Waals surface area contributed by atoms with Crippen LogP contribution in [0.15, 0.2) is 24.3 Å². The van der Waals surface area contributed by atoms with Crippen LogP contribution in [0.2, 0.25) is 0 Å². The Hall–Kier alpha value is -2.48. The van der Waals surface area contributed by atoms with Gasteiger partial charge in [-0.1, -0.05) is 23.5 Å². The van der Waals surface area contributed by atoms with E-state index in [0.717, 1.165) is 16.3 Å². The van der Waals surface area contributed by atoms with Crippen LogP contribution in [-0.4, -0.2) is 35.2 Å². The van der Waals surface area contributed by atoms with Crippen molar-refractivity contribution >= 4 is 28.3 Å². The van der Waals surface area contributed by atoms with Crippen molar-refractivity contribution in [2.45, 2.75) is 25.3 Å². The van der Waals surface area contributed by atoms with E-state index in [1.54, 1.807) is 7.11 Å². The number of nitrogens with one attached hydrogen (secondary N) is 2. The van der Waals surface area contributed by atoms with E-state index < -0.39 is 6.04 Å². The first-order chi connectivity index (χ1) is 11.1. The lowest BCUT2D eigenvalue weighted by molar-refractivity contribution is -0.122. The Balaban J connectivity index is 1.59. The van der Waals surface area contributed by atoms with Crippen molar-refractivity contribution in [1.82, 2.24) is 15.5 Å². The number of amides is 2. The normalized spacial score (nSPS) is 16.9. The molecule has 1 atom stereocenters. The van der Waals surface area contributed by atoms with Crippen molar-refractivity contribution in [3.63, 3.8) is 0 Å². The molecule has 3 rings (SSSR count). The molecule has 2 amide bonds. The van der Waals surface area contributed by atoms with Crippen LogP contribution in [-0.2, 0) is 16.0 Å². The molecule has 2 N–H and O–H groups in total. The molecule has 120 valence electrons. The van der Waals surface area contributed by atoms with Gasteiger partial charge in [-0.3, -0.25) is 14.9 Å². The molecule has 7 nitrogen and oxygen atoms in total. The molecule has 2 aromatic rings. The smallest absolute Gasteiger partial charge is 0.248 e. The minimum absolute atomic E-state index is 0.0948. The van der Waals surface area contributed by atoms with Crippen molar-refractivity contribution in [3.8, 4) is 5.75 Å². The Morgan fingerprint density at radius 1 is 1.39 bits per heavy atom. The first-order valence-corrected chi connectivity index (χ1v) is 8.01. The molecular weight excluding hydrogens is 316 g/mol. The summed E-state index contributed by atoms with van der Waals surface area (Å²) >= 11 is 1.33. The van der Waals surface area contributed by atoms with Crippen molar-refractivity contribution in [1.29, 1.82) is 0 Å². The summed E-state index contributed by atoms with van der Waals surface area (Å²) in [6.07, 6.45) is 1.54. The minimum Gasteiger partial charge on any atom is -0.497 e. The molecule has 8 heteroatoms. The lowest BCUT2D eigenvalue weighted by Gasteiger charge is -2.07. The third kappa shape index (κ3) is 3.84. The quantitative estimate of drug-likeness (QED) is 0.862. The zero-order chi connectivity index (χ0) is 16.2. The van der Waals surface area contributed by atoms with Gasteiger partial charge in [0.15, 0.2) is 0 Å². The van der Waals surface area contributed by atoms with Gasteiger partial charge in [-0.2, -0.15) is 0 Å². The van der Waals surface area contributed by atoms with E-state index in [1.165, 1.54) is 11.3 Å². The van der Waals surface area contributed by atoms with Gasteiger partial charge in [0.2, 0.25) is 16.9 Å². The zero-order valence-corrected chi connectivity index (χ0v) is 13.4. The number of methoxy groups -OCH3 is 1. The number of hydrogen-bond donors (Lipinski definition) is 2. The number of carbonyl (C=O) groups is 2. The topological polar surface area (TPSA) is 93.2 Å². The van der Waals surface area contributed by atoms with Gasteiger partial charge in [0, 0.05) is 12.8 Å². The van der Waals surface area contributed by atoms with Crippen molar-refractivity contribution < 1.29 is 14.3 Å². The fourth-order valence-corrected chi connectivity index (χ4v) is 3.07. The number of nitrogens with zero attached hydrogens (tertiary/aromatic N) is 2. The fraction of sp³-hybridized carbons (Fsp3) is 0.333. The molecule has 2 heterocycles. The Labute approximate surface area is 137 Å². The first kappa shape index (κ1) is 15.4. The summed E-state index contributed by atoms with van der Waals surface area (Å²) in [5, 5.41) is 14.6. The molecule has 1 saturated heterocycles. The predicted molar refractivity (Wildman–Crippen MR) is 85.5 cm³/mol. The van der Waals surface area contributed by atoms with Gasteiger partial charge in [-0.05, 0) is 24.1 Å². The summed E-state index contributed by atoms with van der Waals surface area (Å²) in [6.45, 7) is 0. The minimum atomic E-state index is -0.476. The predicted octanol–water partition coefficient (Wildman–Crippen LogP) is 1.35. The van der Waals surface area contributed by atoms with E-state index in [2.05, 4.69) is 20.8 Å². The van der Waals surface area contributed by atoms with Crippen molar-refractivity contribution in [2.75, 3.05) is 12.4 Å². The number of benzene rings is 1. The van der Waals surface area contributed by atoms with Crippen LogP contribution in [0, 0.1) is 0 Å². The summed E-state index contributed by atoms with van der Waals surface area (Å²) in [7, 11) is 1.63. The highest BCUT2D eigenvalue weighted by Gasteiger charge is 2.27. The summed E-state index contributed by atoms with van der Waals surface area (Å²) < 4.78 is 5.12. The van der Waals surface area contributed by atoms with Crippen LogP contribution in [0.3, 0.4) is 0 Å². The lowest BCUT2D eigenvalue weighted by atomic mass is 10.1. The Morgan fingerprint density at radius 2 is 2.17 bits per heavy atom. The molecule has 1 aromatic heterocycles. The third-order valence-electron chi connectivity index (χ3n) is 3.52. The van der Waals surface area contributed by atoms with Crippen LogP contribution in [0.5, 0.6) is 5.75 Å². The van der Waals surface area contributed by atoms with E-state index in [-0.39, 0.29) is 11.8 Å². The molecule has 0 bridgehead atoms. The Morgan fingerprint density at radius 3 is 2.83 bits per heavy atom. The van der Waals surface area contributed by atoms with E-state index >= 15 is 0 Å². The highest BCUT2D eigenvalue weighted by atomic mass is 32.1. The number of ether oxygens (including phenoxy) is 1. The average molecular weight is 332 g/mol. The van der Waals surface area contributed by atoms with E-state index in [1.807, 2.05) is 24.3 Å². The Kier molecular flexibility index (Phi) is 4.52. The summed E-state index contributed by atoms with van der Waals surface area (Å²) in [4.78, 5) is 23.1. The third-order valence-corrected chi connectivity index (χ3v) is 4.36. The SMILES string of the molecule is COc1ccc(Cc2nnc(NC(=O)C3CCC(=O)N3)s2)cc1. The molecule has 1 fully saturated rings. The number of hydrogen-bond acceptors (Lipinski definition) is 6. The average Bonchev–Trinajstić information content (AvgIpc) is 3.17. The van der Waals surface area contributed by atoms with Gasteiger partial charge >= 0.3 is 0 Å². The van der Waals surface area contributed by atoms with Crippen molar-refractivity contribution in [3.05, 3.63) is 34.8 Å². The Bertz CT molecular complexity index is 714. The maximum absolute atomic E-state index is 12.0. The van der Waals surface area contributed by atoms with Gasteiger partial charge in [-0.15, -0.1) is 10.2 Å². The second-order valence-electron chi connectivity index (χ2n) is 5.17. The highest BCUT2D eigenvalue weighted by Crippen LogP contribution is 2.21. The maximum atomic E-state index is 12.0. The molecule has 0 spiro atoms. The molecule has 1 aliphatic heterocycles. The molecule has 0 saturated carbocycles. The van der Waals surface area contributed by atoms with E-state index in [0.29, 0.717) is 24.4 Å². The van der Waals surface area contributed by atoms with E-state index in [9.17, 15) is 9.59 Å². The van der Waals surface area contributed by atoms with Crippen LogP contribution in [0.4, 0.5) is 5.13 Å². The van der Waals surface area contributed by atoms with Gasteiger partial charge in [0.25, 0.3) is 0 Å². The van der Waals surface area contributed by atoms with Crippen LogP contribution in [0.25, 0.3) is 0 Å². The number of aromatic nitrogens is 2. The second kappa shape index (κ2) is 6.74. The summed E-state index contributed by atoms with van der Waals surface area (Å²) in [5.41, 5.74) is 1.09. The molecule has 0 aliphatic carbocycles. The molecular formula is C15H16N4O3S. The number of carbonyl (C=O) groups excluding carboxylic acids is 2. The van der Waals surface area contributed by atoms with Gasteiger partial charge < -0.3 is 10.1 Å². The van der Waals surface area contributed by atoms with Crippen LogP contribution in [0.1, 0.15) is 23.4 Å². The molecule has 1 aromatic carbocycles. The van der Waals surface area contributed by atoms with Crippen LogP contribution < -0.4 is 15.4 Å². The lowest BCUT2D eigenvalue weighted by Crippen LogP contribution is -2.37. The van der Waals surface area contributed by atoms with Crippen LogP contribution >= 0.6 is 11.3 Å². The molecule has 23 heavy (non-hydrogen) atoms. The fourth-order valence-electron chi connectivity index (χ4n) is 2.30. The zero-order valence-electron chi connectivity index (χ0n) is 12.5. The molecule has 0 radical (unpaired) electrons. The first-order valence-electron chi connectivity index (χ1n) is 7.19. The summed E-state index contributed by atoms with van der Waals surface area (Å²) in [5.74, 6) is 0.461. The van der Waals surface area contributed by atoms with Gasteiger partial charge in [0.1, 0.15) is 16.8 Å². The van der Waals surface area contributed by atoms with Gasteiger partial charge in [0.05, 0.1) is 7.11 Å². The second-order valence-corrected chi connectivity index (χ2v) is 6.24. The highest BCUT2D eigenvalue weighted by molar-refractivity contribution is 7.15. The van der Waals surface area contributed by atoms with E-state index in [4.69, 9.17) is 4.74 Å². The summed E-state index contributed by atoms with van der Waals surface area (Å²) in [6, 6.07) is 7.24. The van der Waals surface area contributed by atoms with Crippen molar-refractivity contribution in [2.24, 2.45) is 0 Å². The van der Waals surface area contributed by atoms with Gasteiger partial charge in [-0.25, -0.2) is 0 Å². The number of rotatable bonds is 5. The maximum Gasteiger partial charge on any atom is 0.248 e. The molecule has 1 unspecified atom stereocenters. The number of anilines is 1. The standard InChI is InChI=1S/C15H16N4O3S/c1-22-10-4-2-9(3-5-10)8-13-18-19-15(23-13)17-14(21)11-6-7-12(20)16-11/h2-5,11H,6-8H2,1H3,(H,16,20)(H,17,19,21). The molecule has 1 aliphatic rings. The largest absolute Gasteiger partial charge is 0.497 e.